The molecule has 0 unspecified atom stereocenters. The molecule has 2 rings (SSSR count). The number of carbonyl (C=O) groups is 2. The number of ether oxygens (including phenoxy) is 1. The third kappa shape index (κ3) is 2.35. The minimum absolute atomic E-state index is 0.121. The number of likely N-dealkylation sites (tertiary alicyclic amines) is 1. The molecule has 1 aromatic rings. The van der Waals surface area contributed by atoms with Gasteiger partial charge >= 0.3 is 5.97 Å². The van der Waals surface area contributed by atoms with Crippen LogP contribution >= 0.6 is 0 Å². The van der Waals surface area contributed by atoms with E-state index in [9.17, 15) is 9.59 Å². The molecule has 7 heteroatoms. The van der Waals surface area contributed by atoms with Crippen LogP contribution in [0, 0.1) is 0 Å². The van der Waals surface area contributed by atoms with Crippen molar-refractivity contribution in [2.75, 3.05) is 13.7 Å². The number of hydrogen-bond donors (Lipinski definition) is 1. The number of carbonyl (C=O) groups excluding carboxylic acids is 1. The summed E-state index contributed by atoms with van der Waals surface area (Å²) >= 11 is 0. The molecule has 2 heterocycles. The molecule has 1 atom stereocenters. The van der Waals surface area contributed by atoms with Gasteiger partial charge in [-0.05, 0) is 12.8 Å². The molecule has 1 amide bonds. The molecule has 1 aliphatic rings. The van der Waals surface area contributed by atoms with Crippen molar-refractivity contribution in [3.05, 3.63) is 17.5 Å². The maximum atomic E-state index is 12.1. The van der Waals surface area contributed by atoms with Crippen LogP contribution in [0.3, 0.4) is 0 Å². The van der Waals surface area contributed by atoms with Crippen LogP contribution in [0.5, 0.6) is 0 Å². The maximum absolute atomic E-state index is 12.1. The zero-order valence-corrected chi connectivity index (χ0v) is 9.96. The summed E-state index contributed by atoms with van der Waals surface area (Å²) in [6.07, 6.45) is 1.16. The minimum atomic E-state index is -0.985. The van der Waals surface area contributed by atoms with Gasteiger partial charge in [-0.3, -0.25) is 4.79 Å². The average Bonchev–Trinajstić information content (AvgIpc) is 2.96. The van der Waals surface area contributed by atoms with E-state index < -0.39 is 17.9 Å². The highest BCUT2D eigenvalue weighted by atomic mass is 16.5. The van der Waals surface area contributed by atoms with Gasteiger partial charge in [0.25, 0.3) is 5.91 Å². The van der Waals surface area contributed by atoms with Crippen molar-refractivity contribution in [3.63, 3.8) is 0 Å². The number of carboxylic acids is 1. The van der Waals surface area contributed by atoms with Crippen LogP contribution in [-0.2, 0) is 16.1 Å². The van der Waals surface area contributed by atoms with Crippen LogP contribution in [0.4, 0.5) is 0 Å². The molecule has 0 saturated carbocycles. The van der Waals surface area contributed by atoms with Crippen molar-refractivity contribution < 1.29 is 24.0 Å². The van der Waals surface area contributed by atoms with Crippen molar-refractivity contribution in [1.82, 2.24) is 10.1 Å². The van der Waals surface area contributed by atoms with Crippen LogP contribution in [0.2, 0.25) is 0 Å². The van der Waals surface area contributed by atoms with E-state index in [-0.39, 0.29) is 12.3 Å². The highest BCUT2D eigenvalue weighted by Crippen LogP contribution is 2.20. The van der Waals surface area contributed by atoms with Crippen molar-refractivity contribution >= 4 is 11.9 Å². The Morgan fingerprint density at radius 3 is 3.11 bits per heavy atom. The van der Waals surface area contributed by atoms with Gasteiger partial charge < -0.3 is 19.3 Å². The minimum Gasteiger partial charge on any atom is -0.480 e. The van der Waals surface area contributed by atoms with Crippen molar-refractivity contribution in [2.24, 2.45) is 0 Å². The van der Waals surface area contributed by atoms with Gasteiger partial charge in [0, 0.05) is 19.7 Å². The van der Waals surface area contributed by atoms with Gasteiger partial charge in [-0.1, -0.05) is 5.16 Å². The molecule has 7 nitrogen and oxygen atoms in total. The molecular formula is C11H14N2O5. The van der Waals surface area contributed by atoms with Crippen molar-refractivity contribution in [3.8, 4) is 0 Å². The third-order valence-electron chi connectivity index (χ3n) is 2.86. The summed E-state index contributed by atoms with van der Waals surface area (Å²) < 4.78 is 9.76. The smallest absolute Gasteiger partial charge is 0.326 e. The number of aliphatic carboxylic acids is 1. The van der Waals surface area contributed by atoms with E-state index in [0.717, 1.165) is 0 Å². The molecule has 1 aromatic heterocycles. The molecule has 0 spiro atoms. The second kappa shape index (κ2) is 5.18. The van der Waals surface area contributed by atoms with Gasteiger partial charge in [-0.25, -0.2) is 4.79 Å². The Bertz CT molecular complexity index is 456. The molecule has 0 aromatic carbocycles. The lowest BCUT2D eigenvalue weighted by Gasteiger charge is -2.19. The summed E-state index contributed by atoms with van der Waals surface area (Å²) in [6.45, 7) is 0.658. The lowest BCUT2D eigenvalue weighted by molar-refractivity contribution is -0.141. The zero-order chi connectivity index (χ0) is 13.1. The molecule has 1 fully saturated rings. The van der Waals surface area contributed by atoms with E-state index in [2.05, 4.69) is 5.16 Å². The first-order valence-corrected chi connectivity index (χ1v) is 5.61. The number of aromatic nitrogens is 1. The standard InChI is InChI=1S/C11H14N2O5/c1-17-6-7-5-8(12-18-7)10(14)13-4-2-3-9(13)11(15)16/h5,9H,2-4,6H2,1H3,(H,15,16)/t9-/m0/s1. The molecule has 0 radical (unpaired) electrons. The normalized spacial score (nSPS) is 19.2. The van der Waals surface area contributed by atoms with E-state index >= 15 is 0 Å². The average molecular weight is 254 g/mol. The SMILES string of the molecule is COCc1cc(C(=O)N2CCC[C@H]2C(=O)O)no1. The van der Waals surface area contributed by atoms with E-state index in [0.29, 0.717) is 25.1 Å². The van der Waals surface area contributed by atoms with Crippen LogP contribution in [0.25, 0.3) is 0 Å². The monoisotopic (exact) mass is 254 g/mol. The fourth-order valence-electron chi connectivity index (χ4n) is 2.04. The molecule has 0 bridgehead atoms. The Morgan fingerprint density at radius 1 is 1.67 bits per heavy atom. The molecule has 18 heavy (non-hydrogen) atoms. The van der Waals surface area contributed by atoms with Gasteiger partial charge in [0.2, 0.25) is 0 Å². The van der Waals surface area contributed by atoms with Crippen LogP contribution < -0.4 is 0 Å². The van der Waals surface area contributed by atoms with Gasteiger partial charge in [0.15, 0.2) is 11.5 Å². The number of amides is 1. The van der Waals surface area contributed by atoms with Crippen LogP contribution in [-0.4, -0.2) is 46.7 Å². The Labute approximate surface area is 103 Å². The number of rotatable bonds is 4. The largest absolute Gasteiger partial charge is 0.480 e. The van der Waals surface area contributed by atoms with E-state index in [1.54, 1.807) is 0 Å². The Balaban J connectivity index is 2.12. The lowest BCUT2D eigenvalue weighted by Crippen LogP contribution is -2.40. The number of methoxy groups -OCH3 is 1. The Kier molecular flexibility index (Phi) is 3.61. The first kappa shape index (κ1) is 12.6. The fourth-order valence-corrected chi connectivity index (χ4v) is 2.04. The molecule has 0 aliphatic carbocycles. The molecule has 1 aliphatic heterocycles. The van der Waals surface area contributed by atoms with E-state index in [1.807, 2.05) is 0 Å². The summed E-state index contributed by atoms with van der Waals surface area (Å²) in [5, 5.41) is 12.6. The molecule has 1 N–H and O–H groups in total. The van der Waals surface area contributed by atoms with Crippen LogP contribution in [0.15, 0.2) is 10.6 Å². The molecular weight excluding hydrogens is 240 g/mol. The fraction of sp³-hybridized carbons (Fsp3) is 0.545. The van der Waals surface area contributed by atoms with Crippen molar-refractivity contribution in [2.45, 2.75) is 25.5 Å². The number of hydrogen-bond acceptors (Lipinski definition) is 5. The molecule has 98 valence electrons. The maximum Gasteiger partial charge on any atom is 0.326 e. The Morgan fingerprint density at radius 2 is 2.44 bits per heavy atom. The summed E-state index contributed by atoms with van der Waals surface area (Å²) in [7, 11) is 1.50. The predicted octanol–water partition coefficient (Wildman–Crippen LogP) is 0.510. The number of carboxylic acid groups (broad SMARTS) is 1. The second-order valence-electron chi connectivity index (χ2n) is 4.11. The summed E-state index contributed by atoms with van der Waals surface area (Å²) in [5.41, 5.74) is 0.121. The topological polar surface area (TPSA) is 92.9 Å². The summed E-state index contributed by atoms with van der Waals surface area (Å²) in [6, 6.07) is 0.711. The Hall–Kier alpha value is -1.89. The number of nitrogens with zero attached hydrogens (tertiary/aromatic N) is 2. The summed E-state index contributed by atoms with van der Waals surface area (Å²) in [5.74, 6) is -0.959. The van der Waals surface area contributed by atoms with Crippen molar-refractivity contribution in [1.29, 1.82) is 0 Å². The second-order valence-corrected chi connectivity index (χ2v) is 4.11. The highest BCUT2D eigenvalue weighted by molar-refractivity contribution is 5.95. The van der Waals surface area contributed by atoms with Crippen LogP contribution in [0.1, 0.15) is 29.1 Å². The van der Waals surface area contributed by atoms with Gasteiger partial charge in [0.05, 0.1) is 0 Å². The first-order valence-electron chi connectivity index (χ1n) is 5.61. The lowest BCUT2D eigenvalue weighted by atomic mass is 10.2. The first-order chi connectivity index (χ1) is 8.63. The van der Waals surface area contributed by atoms with Gasteiger partial charge in [-0.2, -0.15) is 0 Å². The van der Waals surface area contributed by atoms with E-state index in [4.69, 9.17) is 14.4 Å². The quantitative estimate of drug-likeness (QED) is 0.841. The van der Waals surface area contributed by atoms with Gasteiger partial charge in [-0.15, -0.1) is 0 Å². The highest BCUT2D eigenvalue weighted by Gasteiger charge is 2.35. The zero-order valence-electron chi connectivity index (χ0n) is 9.96. The predicted molar refractivity (Wildman–Crippen MR) is 58.9 cm³/mol. The molecule has 1 saturated heterocycles. The van der Waals surface area contributed by atoms with E-state index in [1.165, 1.54) is 18.1 Å². The van der Waals surface area contributed by atoms with Gasteiger partial charge in [0.1, 0.15) is 12.6 Å². The summed E-state index contributed by atoms with van der Waals surface area (Å²) in [4.78, 5) is 24.4. The third-order valence-corrected chi connectivity index (χ3v) is 2.86.